The van der Waals surface area contributed by atoms with Gasteiger partial charge in [0.15, 0.2) is 12.2 Å². The molecule has 0 aromatic carbocycles. The number of phosphoric acid groups is 2. The first-order valence-electron chi connectivity index (χ1n) is 39.0. The maximum absolute atomic E-state index is 13.1. The number of phosphoric ester groups is 2. The van der Waals surface area contributed by atoms with Crippen LogP contribution in [-0.2, 0) is 65.4 Å². The van der Waals surface area contributed by atoms with Gasteiger partial charge in [-0.25, -0.2) is 9.13 Å². The van der Waals surface area contributed by atoms with Crippen LogP contribution in [0.4, 0.5) is 0 Å². The van der Waals surface area contributed by atoms with Crippen molar-refractivity contribution in [1.29, 1.82) is 0 Å². The molecule has 6 atom stereocenters. The molecule has 0 saturated carbocycles. The Kier molecular flexibility index (Phi) is 65.5. The maximum Gasteiger partial charge on any atom is 0.472 e. The minimum atomic E-state index is -4.96. The third kappa shape index (κ3) is 67.3. The molecule has 0 aliphatic heterocycles. The highest BCUT2D eigenvalue weighted by atomic mass is 31.2. The smallest absolute Gasteiger partial charge is 0.462 e. The highest BCUT2D eigenvalue weighted by Gasteiger charge is 2.30. The molecule has 0 bridgehead atoms. The van der Waals surface area contributed by atoms with Crippen molar-refractivity contribution < 1.29 is 80.2 Å². The highest BCUT2D eigenvalue weighted by Crippen LogP contribution is 2.45. The van der Waals surface area contributed by atoms with Gasteiger partial charge in [0.25, 0.3) is 0 Å². The van der Waals surface area contributed by atoms with Gasteiger partial charge in [0.2, 0.25) is 0 Å². The molecule has 0 aromatic rings. The van der Waals surface area contributed by atoms with Crippen molar-refractivity contribution in [1.82, 2.24) is 0 Å². The average Bonchev–Trinajstić information content (AvgIpc) is 1.73. The first kappa shape index (κ1) is 92.1. The molecule has 0 saturated heterocycles. The fraction of sp³-hybridized carbons (Fsp3) is 0.947. The molecule has 3 unspecified atom stereocenters. The summed E-state index contributed by atoms with van der Waals surface area (Å²) in [6, 6.07) is 0. The summed E-state index contributed by atoms with van der Waals surface area (Å²) in [5, 5.41) is 10.6. The number of aliphatic hydroxyl groups is 1. The van der Waals surface area contributed by atoms with Gasteiger partial charge in [-0.15, -0.1) is 0 Å². The lowest BCUT2D eigenvalue weighted by Gasteiger charge is -2.21. The van der Waals surface area contributed by atoms with E-state index in [-0.39, 0.29) is 25.7 Å². The van der Waals surface area contributed by atoms with Crippen molar-refractivity contribution in [2.45, 2.75) is 407 Å². The van der Waals surface area contributed by atoms with Gasteiger partial charge in [0.05, 0.1) is 26.4 Å². The Bertz CT molecular complexity index is 1820. The second-order valence-corrected chi connectivity index (χ2v) is 30.7. The van der Waals surface area contributed by atoms with Gasteiger partial charge >= 0.3 is 39.5 Å². The van der Waals surface area contributed by atoms with Crippen LogP contribution < -0.4 is 0 Å². The average molecular weight is 1380 g/mol. The summed E-state index contributed by atoms with van der Waals surface area (Å²) in [5.41, 5.74) is 0. The van der Waals surface area contributed by atoms with Crippen LogP contribution in [0.5, 0.6) is 0 Å². The first-order valence-corrected chi connectivity index (χ1v) is 42.0. The quantitative estimate of drug-likeness (QED) is 0.0222. The molecule has 0 aromatic heterocycles. The van der Waals surface area contributed by atoms with Crippen LogP contribution in [0.3, 0.4) is 0 Å². The van der Waals surface area contributed by atoms with Crippen LogP contribution in [0.25, 0.3) is 0 Å². The number of hydrogen-bond acceptors (Lipinski definition) is 15. The normalized spacial score (nSPS) is 14.3. The minimum absolute atomic E-state index is 0.102. The molecule has 0 spiro atoms. The third-order valence-electron chi connectivity index (χ3n) is 17.8. The summed E-state index contributed by atoms with van der Waals surface area (Å²) < 4.78 is 68.4. The zero-order valence-electron chi connectivity index (χ0n) is 61.3. The van der Waals surface area contributed by atoms with E-state index in [0.29, 0.717) is 31.6 Å². The van der Waals surface area contributed by atoms with Crippen molar-refractivity contribution in [2.75, 3.05) is 39.6 Å². The van der Waals surface area contributed by atoms with E-state index in [1.165, 1.54) is 199 Å². The summed E-state index contributed by atoms with van der Waals surface area (Å²) >= 11 is 0. The number of aliphatic hydroxyl groups excluding tert-OH is 1. The van der Waals surface area contributed by atoms with Crippen molar-refractivity contribution >= 4 is 39.5 Å². The van der Waals surface area contributed by atoms with Gasteiger partial charge in [0, 0.05) is 25.7 Å². The second-order valence-electron chi connectivity index (χ2n) is 27.8. The molecule has 0 heterocycles. The fourth-order valence-corrected chi connectivity index (χ4v) is 13.0. The lowest BCUT2D eigenvalue weighted by molar-refractivity contribution is -0.161. The molecule has 3 N–H and O–H groups in total. The van der Waals surface area contributed by atoms with Crippen molar-refractivity contribution in [3.8, 4) is 0 Å². The lowest BCUT2D eigenvalue weighted by Crippen LogP contribution is -2.30. The summed E-state index contributed by atoms with van der Waals surface area (Å²) in [6.07, 6.45) is 54.4. The number of unbranched alkanes of at least 4 members (excludes halogenated alkanes) is 43. The maximum atomic E-state index is 13.1. The van der Waals surface area contributed by atoms with Gasteiger partial charge in [-0.2, -0.15) is 0 Å². The predicted molar refractivity (Wildman–Crippen MR) is 381 cm³/mol. The Hall–Kier alpha value is -1.94. The molecule has 0 amide bonds. The van der Waals surface area contributed by atoms with E-state index in [1.807, 2.05) is 0 Å². The summed E-state index contributed by atoms with van der Waals surface area (Å²) in [4.78, 5) is 72.7. The van der Waals surface area contributed by atoms with Gasteiger partial charge in [-0.3, -0.25) is 37.3 Å². The van der Waals surface area contributed by atoms with Crippen LogP contribution in [0.15, 0.2) is 0 Å². The Morgan fingerprint density at radius 3 is 0.809 bits per heavy atom. The van der Waals surface area contributed by atoms with E-state index < -0.39 is 97.5 Å². The molecule has 0 aliphatic rings. The SMILES string of the molecule is CCCCCCCCCCCCCCCCCCCCC(=O)O[C@H](COC(=O)CCCCCCCCCCCCCCCCCCC)COP(=O)(O)OC[C@@H](O)COP(=O)(O)OC[C@@H](COC(=O)CCCCCCCCC(C)C)OC(=O)CCCCCCCCC(C)CC. The van der Waals surface area contributed by atoms with E-state index in [1.54, 1.807) is 0 Å². The van der Waals surface area contributed by atoms with E-state index >= 15 is 0 Å². The van der Waals surface area contributed by atoms with E-state index in [4.69, 9.17) is 37.0 Å². The molecular formula is C75H146O17P2. The van der Waals surface area contributed by atoms with E-state index in [0.717, 1.165) is 102 Å². The van der Waals surface area contributed by atoms with E-state index in [9.17, 15) is 43.2 Å². The number of carbonyl (C=O) groups is 4. The van der Waals surface area contributed by atoms with Gasteiger partial charge in [-0.1, -0.05) is 337 Å². The van der Waals surface area contributed by atoms with Crippen molar-refractivity contribution in [3.63, 3.8) is 0 Å². The van der Waals surface area contributed by atoms with Crippen molar-refractivity contribution in [2.24, 2.45) is 11.8 Å². The standard InChI is InChI=1S/C75H146O17P2/c1-7-10-12-14-16-18-20-22-24-26-28-30-32-34-36-38-47-53-59-74(79)91-70(63-85-72(77)57-51-45-37-35-33-31-29-27-25-23-21-19-17-15-13-11-8-2)65-89-93(81,82)87-61-69(76)62-88-94(83,84)90-66-71(64-86-73(78)58-52-46-41-39-43-49-55-67(4)5)92-75(80)60-54-48-42-40-44-50-56-68(6)9-3/h67-71,76H,7-66H2,1-6H3,(H,81,82)(H,83,84)/t68?,69-,70-,71-/m1/s1. The monoisotopic (exact) mass is 1380 g/mol. The molecule has 17 nitrogen and oxygen atoms in total. The number of carbonyl (C=O) groups excluding carboxylic acids is 4. The molecule has 0 fully saturated rings. The third-order valence-corrected chi connectivity index (χ3v) is 19.7. The molecule has 0 radical (unpaired) electrons. The molecular weight excluding hydrogens is 1230 g/mol. The summed E-state index contributed by atoms with van der Waals surface area (Å²) in [6.45, 7) is 9.45. The Balaban J connectivity index is 5.21. The molecule has 0 aliphatic carbocycles. The van der Waals surface area contributed by atoms with Gasteiger partial charge < -0.3 is 33.8 Å². The molecule has 558 valence electrons. The molecule has 19 heteroatoms. The van der Waals surface area contributed by atoms with Crippen molar-refractivity contribution in [3.05, 3.63) is 0 Å². The van der Waals surface area contributed by atoms with Gasteiger partial charge in [-0.05, 0) is 37.5 Å². The number of ether oxygens (including phenoxy) is 4. The highest BCUT2D eigenvalue weighted by molar-refractivity contribution is 7.47. The van der Waals surface area contributed by atoms with E-state index in [2.05, 4.69) is 41.5 Å². The zero-order valence-corrected chi connectivity index (χ0v) is 63.1. The van der Waals surface area contributed by atoms with Crippen LogP contribution >= 0.6 is 15.6 Å². The topological polar surface area (TPSA) is 237 Å². The molecule has 0 rings (SSSR count). The summed E-state index contributed by atoms with van der Waals surface area (Å²) in [5.74, 6) is -0.723. The number of esters is 4. The van der Waals surface area contributed by atoms with Crippen LogP contribution in [0.2, 0.25) is 0 Å². The Morgan fingerprint density at radius 2 is 0.543 bits per heavy atom. The largest absolute Gasteiger partial charge is 0.472 e. The Morgan fingerprint density at radius 1 is 0.309 bits per heavy atom. The minimum Gasteiger partial charge on any atom is -0.462 e. The second kappa shape index (κ2) is 66.9. The van der Waals surface area contributed by atoms with Crippen LogP contribution in [0.1, 0.15) is 388 Å². The predicted octanol–water partition coefficient (Wildman–Crippen LogP) is 21.9. The lowest BCUT2D eigenvalue weighted by atomic mass is 10.00. The summed E-state index contributed by atoms with van der Waals surface area (Å²) in [7, 11) is -9.91. The zero-order chi connectivity index (χ0) is 69.3. The fourth-order valence-electron chi connectivity index (χ4n) is 11.4. The first-order chi connectivity index (χ1) is 45.4. The van der Waals surface area contributed by atoms with Gasteiger partial charge in [0.1, 0.15) is 19.3 Å². The molecule has 94 heavy (non-hydrogen) atoms. The van der Waals surface area contributed by atoms with Crippen LogP contribution in [-0.4, -0.2) is 96.7 Å². The number of hydrogen-bond donors (Lipinski definition) is 3. The number of rotatable bonds is 74. The Labute approximate surface area is 575 Å². The van der Waals surface area contributed by atoms with Crippen LogP contribution in [0, 0.1) is 11.8 Å².